The molecule has 0 fully saturated rings. The van der Waals surface area contributed by atoms with E-state index in [9.17, 15) is 0 Å². The van der Waals surface area contributed by atoms with Gasteiger partial charge in [0.05, 0.1) is 22.1 Å². The van der Waals surface area contributed by atoms with E-state index >= 15 is 0 Å². The maximum atomic E-state index is 2.61. The van der Waals surface area contributed by atoms with Gasteiger partial charge in [0, 0.05) is 38.3 Å². The molecule has 0 saturated carbocycles. The fourth-order valence-electron chi connectivity index (χ4n) is 13.4. The van der Waals surface area contributed by atoms with Crippen LogP contribution in [-0.2, 0) is 27.1 Å². The molecular weight excluding hydrogens is 785 g/mol. The van der Waals surface area contributed by atoms with E-state index in [1.807, 2.05) is 0 Å². The van der Waals surface area contributed by atoms with Gasteiger partial charge in [-0.3, -0.25) is 0 Å². The van der Waals surface area contributed by atoms with Gasteiger partial charge in [0.15, 0.2) is 0 Å². The number of rotatable bonds is 3. The smallest absolute Gasteiger partial charge is 0.0544 e. The summed E-state index contributed by atoms with van der Waals surface area (Å²) in [5.41, 5.74) is 21.7. The Morgan fingerprint density at radius 2 is 0.646 bits per heavy atom. The summed E-state index contributed by atoms with van der Waals surface area (Å²) in [6.45, 7) is 34.5. The molecule has 3 aliphatic rings. The van der Waals surface area contributed by atoms with E-state index in [0.717, 1.165) is 0 Å². The summed E-state index contributed by atoms with van der Waals surface area (Å²) in [6, 6.07) is 51.7. The lowest BCUT2D eigenvalue weighted by atomic mass is 9.59. The highest BCUT2D eigenvalue weighted by Gasteiger charge is 2.58. The first kappa shape index (κ1) is 40.6. The number of fused-ring (bicyclic) bond motifs is 11. The molecule has 0 spiro atoms. The lowest BCUT2D eigenvalue weighted by molar-refractivity contribution is 0.125. The predicted molar refractivity (Wildman–Crippen MR) is 278 cm³/mol. The van der Waals surface area contributed by atoms with Crippen LogP contribution in [0.15, 0.2) is 133 Å². The quantitative estimate of drug-likeness (QED) is 0.168. The minimum Gasteiger partial charge on any atom is -0.309 e. The van der Waals surface area contributed by atoms with E-state index in [1.54, 1.807) is 0 Å². The van der Waals surface area contributed by atoms with Crippen molar-refractivity contribution in [3.63, 3.8) is 0 Å². The van der Waals surface area contributed by atoms with E-state index in [2.05, 4.69) is 240 Å². The number of aromatic nitrogens is 2. The summed E-state index contributed by atoms with van der Waals surface area (Å²) in [5.74, 6) is 0. The van der Waals surface area contributed by atoms with Crippen LogP contribution in [0.4, 0.5) is 0 Å². The molecule has 0 aliphatic heterocycles. The van der Waals surface area contributed by atoms with Crippen molar-refractivity contribution in [1.29, 1.82) is 0 Å². The largest absolute Gasteiger partial charge is 0.309 e. The number of benzene rings is 7. The third-order valence-corrected chi connectivity index (χ3v) is 19.9. The molecule has 0 radical (unpaired) electrons. The van der Waals surface area contributed by atoms with E-state index in [1.165, 1.54) is 111 Å². The molecule has 2 heteroatoms. The predicted octanol–water partition coefficient (Wildman–Crippen LogP) is 17.0. The van der Waals surface area contributed by atoms with Crippen LogP contribution in [0.5, 0.6) is 0 Å². The molecular formula is C63H64N2. The van der Waals surface area contributed by atoms with Gasteiger partial charge in [-0.25, -0.2) is 0 Å². The molecule has 12 rings (SSSR count). The molecule has 0 amide bonds. The van der Waals surface area contributed by atoms with Crippen LogP contribution in [0.2, 0.25) is 0 Å². The summed E-state index contributed by atoms with van der Waals surface area (Å²) in [4.78, 5) is 0. The van der Waals surface area contributed by atoms with Crippen LogP contribution in [0.1, 0.15) is 130 Å². The Balaban J connectivity index is 1.10. The van der Waals surface area contributed by atoms with E-state index in [-0.39, 0.29) is 37.9 Å². The molecule has 0 bridgehead atoms. The first-order valence-electron chi connectivity index (χ1n) is 24.1. The molecule has 2 aromatic heterocycles. The molecule has 0 unspecified atom stereocenters. The fourth-order valence-corrected chi connectivity index (χ4v) is 13.4. The fraction of sp³-hybridized carbons (Fsp3) is 0.333. The molecule has 9 aromatic rings. The first-order valence-corrected chi connectivity index (χ1v) is 24.1. The molecule has 3 aliphatic carbocycles. The molecule has 326 valence electrons. The average molecular weight is 849 g/mol. The second-order valence-electron chi connectivity index (χ2n) is 24.0. The molecule has 0 saturated heterocycles. The summed E-state index contributed by atoms with van der Waals surface area (Å²) < 4.78 is 5.00. The monoisotopic (exact) mass is 849 g/mol. The van der Waals surface area contributed by atoms with Crippen LogP contribution in [0.25, 0.3) is 77.2 Å². The maximum Gasteiger partial charge on any atom is 0.0544 e. The summed E-state index contributed by atoms with van der Waals surface area (Å²) >= 11 is 0. The van der Waals surface area contributed by atoms with Crippen molar-refractivity contribution in [2.45, 2.75) is 124 Å². The average Bonchev–Trinajstić information content (AvgIpc) is 3.90. The molecule has 2 heterocycles. The van der Waals surface area contributed by atoms with Crippen molar-refractivity contribution in [2.24, 2.45) is 10.8 Å². The standard InChI is InChI=1S/C63H64N2/c1-57(2)47-34-51-49(58(3,4)62(11,12)60(51,7)8)32-42(47)41-31-45-43-29-37(25-27-53(43)64(55(45)35-48(41)57)39-21-17-15-18-22-39)38-26-28-54-44(30-38)46-33-50-52(61(9,10)63(13,14)59(50,5)6)36-56(46)65(54)40-23-19-16-20-24-40/h15-36H,1-14H3. The molecule has 0 N–H and O–H groups in total. The lowest BCUT2D eigenvalue weighted by Gasteiger charge is -2.44. The van der Waals surface area contributed by atoms with Crippen molar-refractivity contribution in [2.75, 3.05) is 0 Å². The Morgan fingerprint density at radius 1 is 0.292 bits per heavy atom. The van der Waals surface area contributed by atoms with Crippen molar-refractivity contribution in [1.82, 2.24) is 9.13 Å². The molecule has 65 heavy (non-hydrogen) atoms. The zero-order valence-corrected chi connectivity index (χ0v) is 41.1. The Kier molecular flexibility index (Phi) is 7.70. The number of hydrogen-bond acceptors (Lipinski definition) is 0. The Morgan fingerprint density at radius 3 is 1.12 bits per heavy atom. The normalized spacial score (nSPS) is 19.8. The van der Waals surface area contributed by atoms with Gasteiger partial charge in [0.1, 0.15) is 0 Å². The molecule has 7 aromatic carbocycles. The van der Waals surface area contributed by atoms with Gasteiger partial charge in [0.2, 0.25) is 0 Å². The minimum atomic E-state index is -0.140. The summed E-state index contributed by atoms with van der Waals surface area (Å²) in [5, 5.41) is 5.21. The van der Waals surface area contributed by atoms with Crippen molar-refractivity contribution < 1.29 is 0 Å². The number of hydrogen-bond donors (Lipinski definition) is 0. The van der Waals surface area contributed by atoms with Crippen LogP contribution in [-0.4, -0.2) is 9.13 Å². The Bertz CT molecular complexity index is 3540. The minimum absolute atomic E-state index is 0.0101. The highest BCUT2D eigenvalue weighted by molar-refractivity contribution is 6.14. The Hall–Kier alpha value is -5.86. The van der Waals surface area contributed by atoms with Crippen LogP contribution < -0.4 is 0 Å². The zero-order chi connectivity index (χ0) is 45.8. The number of para-hydroxylation sites is 2. The Labute approximate surface area is 386 Å². The highest BCUT2D eigenvalue weighted by Crippen LogP contribution is 2.65. The first-order chi connectivity index (χ1) is 30.5. The summed E-state index contributed by atoms with van der Waals surface area (Å²) in [7, 11) is 0. The summed E-state index contributed by atoms with van der Waals surface area (Å²) in [6.07, 6.45) is 0. The van der Waals surface area contributed by atoms with Crippen LogP contribution in [0.3, 0.4) is 0 Å². The molecule has 0 atom stereocenters. The lowest BCUT2D eigenvalue weighted by Crippen LogP contribution is -2.42. The topological polar surface area (TPSA) is 9.86 Å². The van der Waals surface area contributed by atoms with Gasteiger partial charge in [0.25, 0.3) is 0 Å². The number of nitrogens with zero attached hydrogens (tertiary/aromatic N) is 2. The van der Waals surface area contributed by atoms with Gasteiger partial charge in [-0.15, -0.1) is 0 Å². The zero-order valence-electron chi connectivity index (χ0n) is 41.1. The van der Waals surface area contributed by atoms with Gasteiger partial charge in [-0.2, -0.15) is 0 Å². The van der Waals surface area contributed by atoms with Gasteiger partial charge in [-0.05, 0) is 167 Å². The SMILES string of the molecule is CC1(C)c2cc3c(cc2-c2cc4c5cc(-c6ccc7c(c6)c6cc8c(cc6n7-c6ccccc6)C(C)(C)C(C)(C)C8(C)C)ccc5n(-c5ccccc5)c4cc21)C(C)(C)C(C)(C)C3(C)C. The van der Waals surface area contributed by atoms with E-state index in [0.29, 0.717) is 0 Å². The van der Waals surface area contributed by atoms with Gasteiger partial charge >= 0.3 is 0 Å². The second kappa shape index (κ2) is 12.3. The van der Waals surface area contributed by atoms with Crippen molar-refractivity contribution >= 4 is 43.6 Å². The van der Waals surface area contributed by atoms with Crippen molar-refractivity contribution in [3.8, 4) is 33.6 Å². The third-order valence-electron chi connectivity index (χ3n) is 19.9. The van der Waals surface area contributed by atoms with Crippen LogP contribution in [0, 0.1) is 10.8 Å². The third kappa shape index (κ3) is 4.76. The van der Waals surface area contributed by atoms with E-state index in [4.69, 9.17) is 0 Å². The van der Waals surface area contributed by atoms with Crippen LogP contribution >= 0.6 is 0 Å². The highest BCUT2D eigenvalue weighted by atomic mass is 15.0. The van der Waals surface area contributed by atoms with E-state index < -0.39 is 0 Å². The van der Waals surface area contributed by atoms with Crippen molar-refractivity contribution in [3.05, 3.63) is 167 Å². The maximum absolute atomic E-state index is 2.61. The van der Waals surface area contributed by atoms with Gasteiger partial charge < -0.3 is 9.13 Å². The van der Waals surface area contributed by atoms with Gasteiger partial charge in [-0.1, -0.05) is 152 Å². The molecule has 2 nitrogen and oxygen atoms in total. The second-order valence-corrected chi connectivity index (χ2v) is 24.0.